The lowest BCUT2D eigenvalue weighted by Crippen LogP contribution is -2.24. The Morgan fingerprint density at radius 3 is 2.84 bits per heavy atom. The van der Waals surface area contributed by atoms with Gasteiger partial charge in [0, 0.05) is 17.1 Å². The summed E-state index contributed by atoms with van der Waals surface area (Å²) in [5.74, 6) is 0.629. The van der Waals surface area contributed by atoms with E-state index < -0.39 is 0 Å². The molecule has 0 aliphatic rings. The topological polar surface area (TPSA) is 55.1 Å². The summed E-state index contributed by atoms with van der Waals surface area (Å²) in [4.78, 5) is 11.9. The van der Waals surface area contributed by atoms with Crippen LogP contribution in [0.4, 0.5) is 0 Å². The fourth-order valence-electron chi connectivity index (χ4n) is 1.82. The summed E-state index contributed by atoms with van der Waals surface area (Å²) < 4.78 is 5.03. The Morgan fingerprint density at radius 1 is 1.42 bits per heavy atom. The highest BCUT2D eigenvalue weighted by Gasteiger charge is 2.13. The van der Waals surface area contributed by atoms with Crippen molar-refractivity contribution >= 4 is 17.5 Å². The number of aromatic nitrogens is 1. The highest BCUT2D eigenvalue weighted by molar-refractivity contribution is 6.30. The van der Waals surface area contributed by atoms with Crippen LogP contribution in [0.1, 0.15) is 22.6 Å². The molecule has 1 aromatic carbocycles. The summed E-state index contributed by atoms with van der Waals surface area (Å²) in [7, 11) is 0. The van der Waals surface area contributed by atoms with Crippen molar-refractivity contribution in [2.24, 2.45) is 0 Å². The number of amides is 1. The van der Waals surface area contributed by atoms with E-state index >= 15 is 0 Å². The van der Waals surface area contributed by atoms with Gasteiger partial charge in [-0.15, -0.1) is 0 Å². The smallest absolute Gasteiger partial charge is 0.224 e. The van der Waals surface area contributed by atoms with Gasteiger partial charge in [0.2, 0.25) is 5.91 Å². The van der Waals surface area contributed by atoms with Crippen molar-refractivity contribution < 1.29 is 9.32 Å². The molecule has 2 rings (SSSR count). The van der Waals surface area contributed by atoms with E-state index in [1.54, 1.807) is 13.0 Å². The van der Waals surface area contributed by atoms with E-state index in [4.69, 9.17) is 16.1 Å². The predicted molar refractivity (Wildman–Crippen MR) is 73.0 cm³/mol. The Morgan fingerprint density at radius 2 is 2.21 bits per heavy atom. The lowest BCUT2D eigenvalue weighted by molar-refractivity contribution is -0.120. The zero-order chi connectivity index (χ0) is 13.8. The molecule has 0 spiro atoms. The molecule has 0 radical (unpaired) electrons. The molecule has 4 nitrogen and oxygen atoms in total. The number of rotatable bonds is 4. The molecule has 2 aromatic rings. The fraction of sp³-hybridized carbons (Fsp3) is 0.286. The first-order valence-corrected chi connectivity index (χ1v) is 6.37. The van der Waals surface area contributed by atoms with Crippen molar-refractivity contribution in [2.45, 2.75) is 26.8 Å². The van der Waals surface area contributed by atoms with Crippen molar-refractivity contribution in [3.63, 3.8) is 0 Å². The van der Waals surface area contributed by atoms with Gasteiger partial charge in [-0.05, 0) is 31.5 Å². The molecule has 1 N–H and O–H groups in total. The van der Waals surface area contributed by atoms with Crippen LogP contribution in [0.2, 0.25) is 5.02 Å². The molecule has 0 aliphatic carbocycles. The van der Waals surface area contributed by atoms with Crippen molar-refractivity contribution in [1.29, 1.82) is 0 Å². The van der Waals surface area contributed by atoms with E-state index in [-0.39, 0.29) is 12.3 Å². The first-order valence-electron chi connectivity index (χ1n) is 5.99. The van der Waals surface area contributed by atoms with Gasteiger partial charge >= 0.3 is 0 Å². The maximum absolute atomic E-state index is 11.9. The molecule has 1 heterocycles. The summed E-state index contributed by atoms with van der Waals surface area (Å²) in [6.07, 6.45) is 0.279. The molecule has 0 saturated heterocycles. The van der Waals surface area contributed by atoms with Gasteiger partial charge in [0.1, 0.15) is 5.76 Å². The number of halogens is 1. The first-order chi connectivity index (χ1) is 9.06. The minimum Gasteiger partial charge on any atom is -0.361 e. The van der Waals surface area contributed by atoms with Gasteiger partial charge in [0.05, 0.1) is 12.1 Å². The normalized spacial score (nSPS) is 10.5. The molecular weight excluding hydrogens is 264 g/mol. The number of carbonyl (C=O) groups is 1. The minimum absolute atomic E-state index is 0.0608. The molecule has 0 aliphatic heterocycles. The van der Waals surface area contributed by atoms with Gasteiger partial charge in [0.25, 0.3) is 0 Å². The Bertz CT molecular complexity index is 573. The molecule has 1 aromatic heterocycles. The Balaban J connectivity index is 1.92. The van der Waals surface area contributed by atoms with E-state index in [1.807, 2.05) is 25.1 Å². The van der Waals surface area contributed by atoms with Gasteiger partial charge in [-0.1, -0.05) is 28.9 Å². The van der Waals surface area contributed by atoms with E-state index in [0.717, 1.165) is 16.8 Å². The van der Waals surface area contributed by atoms with Crippen LogP contribution < -0.4 is 5.32 Å². The monoisotopic (exact) mass is 278 g/mol. The molecule has 1 amide bonds. The third-order valence-electron chi connectivity index (χ3n) is 2.90. The van der Waals surface area contributed by atoms with E-state index in [9.17, 15) is 4.79 Å². The van der Waals surface area contributed by atoms with Crippen LogP contribution in [-0.4, -0.2) is 11.1 Å². The zero-order valence-corrected chi connectivity index (χ0v) is 11.6. The van der Waals surface area contributed by atoms with Crippen molar-refractivity contribution in [1.82, 2.24) is 10.5 Å². The van der Waals surface area contributed by atoms with Crippen LogP contribution in [0.15, 0.2) is 28.8 Å². The highest BCUT2D eigenvalue weighted by Crippen LogP contribution is 2.13. The van der Waals surface area contributed by atoms with Crippen LogP contribution in [0, 0.1) is 13.8 Å². The van der Waals surface area contributed by atoms with Crippen LogP contribution in [-0.2, 0) is 17.8 Å². The van der Waals surface area contributed by atoms with E-state index in [2.05, 4.69) is 10.5 Å². The van der Waals surface area contributed by atoms with Gasteiger partial charge < -0.3 is 9.84 Å². The Kier molecular flexibility index (Phi) is 4.22. The summed E-state index contributed by atoms with van der Waals surface area (Å²) in [6, 6.07) is 7.41. The van der Waals surface area contributed by atoms with Crippen molar-refractivity contribution in [3.8, 4) is 0 Å². The second-order valence-corrected chi connectivity index (χ2v) is 4.82. The summed E-state index contributed by atoms with van der Waals surface area (Å²) in [6.45, 7) is 4.10. The van der Waals surface area contributed by atoms with Gasteiger partial charge in [-0.25, -0.2) is 0 Å². The lowest BCUT2D eigenvalue weighted by Gasteiger charge is -2.05. The minimum atomic E-state index is -0.0608. The van der Waals surface area contributed by atoms with Crippen LogP contribution in [0.25, 0.3) is 0 Å². The van der Waals surface area contributed by atoms with Gasteiger partial charge in [-0.3, -0.25) is 4.79 Å². The van der Waals surface area contributed by atoms with Crippen molar-refractivity contribution in [3.05, 3.63) is 51.9 Å². The third-order valence-corrected chi connectivity index (χ3v) is 3.13. The number of aryl methyl sites for hydroxylation is 2. The molecule has 100 valence electrons. The average Bonchev–Trinajstić information content (AvgIpc) is 2.68. The van der Waals surface area contributed by atoms with Crippen LogP contribution >= 0.6 is 11.6 Å². The summed E-state index contributed by atoms with van der Waals surface area (Å²) in [5, 5.41) is 7.34. The number of hydrogen-bond donors (Lipinski definition) is 1. The first kappa shape index (κ1) is 13.6. The maximum atomic E-state index is 11.9. The molecule has 0 atom stereocenters. The molecule has 5 heteroatoms. The van der Waals surface area contributed by atoms with Crippen LogP contribution in [0.3, 0.4) is 0 Å². The summed E-state index contributed by atoms with van der Waals surface area (Å²) >= 11 is 5.88. The number of carbonyl (C=O) groups excluding carboxylic acids is 1. The molecule has 0 unspecified atom stereocenters. The molecule has 19 heavy (non-hydrogen) atoms. The number of hydrogen-bond acceptors (Lipinski definition) is 3. The van der Waals surface area contributed by atoms with Crippen LogP contribution in [0.5, 0.6) is 0 Å². The average molecular weight is 279 g/mol. The number of nitrogens with one attached hydrogen (secondary N) is 1. The molecule has 0 bridgehead atoms. The molecule has 0 fully saturated rings. The second-order valence-electron chi connectivity index (χ2n) is 4.39. The number of benzene rings is 1. The summed E-state index contributed by atoms with van der Waals surface area (Å²) in [5.41, 5.74) is 2.58. The highest BCUT2D eigenvalue weighted by atomic mass is 35.5. The Labute approximate surface area is 116 Å². The SMILES string of the molecule is Cc1noc(C)c1CC(=O)NCc1cccc(Cl)c1. The van der Waals surface area contributed by atoms with Crippen molar-refractivity contribution in [2.75, 3.05) is 0 Å². The predicted octanol–water partition coefficient (Wildman–Crippen LogP) is 2.80. The maximum Gasteiger partial charge on any atom is 0.224 e. The quantitative estimate of drug-likeness (QED) is 0.936. The third kappa shape index (κ3) is 3.58. The molecular formula is C14H15ClN2O2. The standard InChI is InChI=1S/C14H15ClN2O2/c1-9-13(10(2)19-17-9)7-14(18)16-8-11-4-3-5-12(15)6-11/h3-6H,7-8H2,1-2H3,(H,16,18). The zero-order valence-electron chi connectivity index (χ0n) is 10.9. The van der Waals surface area contributed by atoms with E-state index in [0.29, 0.717) is 17.3 Å². The fourth-order valence-corrected chi connectivity index (χ4v) is 2.04. The van der Waals surface area contributed by atoms with E-state index in [1.165, 1.54) is 0 Å². The Hall–Kier alpha value is -1.81. The van der Waals surface area contributed by atoms with Gasteiger partial charge in [-0.2, -0.15) is 0 Å². The largest absolute Gasteiger partial charge is 0.361 e. The molecule has 0 saturated carbocycles. The number of nitrogens with zero attached hydrogens (tertiary/aromatic N) is 1. The lowest BCUT2D eigenvalue weighted by atomic mass is 10.1. The second kappa shape index (κ2) is 5.89. The van der Waals surface area contributed by atoms with Gasteiger partial charge in [0.15, 0.2) is 0 Å².